The van der Waals surface area contributed by atoms with Crippen molar-refractivity contribution >= 4 is 5.91 Å². The molecule has 112 valence electrons. The van der Waals surface area contributed by atoms with Crippen molar-refractivity contribution in [3.63, 3.8) is 0 Å². The van der Waals surface area contributed by atoms with Gasteiger partial charge >= 0.3 is 0 Å². The fraction of sp³-hybridized carbons (Fsp3) is 0.588. The molecule has 3 N–H and O–H groups in total. The molecule has 0 bridgehead atoms. The maximum Gasteiger partial charge on any atom is 0.220 e. The summed E-state index contributed by atoms with van der Waals surface area (Å²) in [6, 6.07) is 10.4. The zero-order valence-electron chi connectivity index (χ0n) is 12.6. The van der Waals surface area contributed by atoms with Crippen LogP contribution >= 0.6 is 0 Å². The number of rotatable bonds is 10. The van der Waals surface area contributed by atoms with E-state index in [1.165, 1.54) is 5.56 Å². The third-order valence-electron chi connectivity index (χ3n) is 3.47. The minimum absolute atomic E-state index is 0.151. The normalized spacial score (nSPS) is 12.1. The van der Waals surface area contributed by atoms with E-state index in [-0.39, 0.29) is 11.9 Å². The van der Waals surface area contributed by atoms with Crippen molar-refractivity contribution in [2.45, 2.75) is 57.9 Å². The van der Waals surface area contributed by atoms with E-state index in [0.29, 0.717) is 6.42 Å². The van der Waals surface area contributed by atoms with Gasteiger partial charge in [-0.15, -0.1) is 0 Å². The molecular formula is C17H28N2O. The lowest BCUT2D eigenvalue weighted by atomic mass is 10.0. The highest BCUT2D eigenvalue weighted by molar-refractivity contribution is 5.76. The van der Waals surface area contributed by atoms with Gasteiger partial charge in [-0.3, -0.25) is 4.79 Å². The van der Waals surface area contributed by atoms with Crippen LogP contribution in [-0.4, -0.2) is 12.5 Å². The van der Waals surface area contributed by atoms with Gasteiger partial charge in [0.15, 0.2) is 0 Å². The molecule has 1 amide bonds. The second kappa shape index (κ2) is 10.4. The molecule has 0 heterocycles. The summed E-state index contributed by atoms with van der Waals surface area (Å²) in [5.74, 6) is 0.167. The average molecular weight is 276 g/mol. The van der Waals surface area contributed by atoms with Crippen molar-refractivity contribution in [1.29, 1.82) is 0 Å². The minimum atomic E-state index is 0.151. The lowest BCUT2D eigenvalue weighted by molar-refractivity contribution is -0.122. The Morgan fingerprint density at radius 3 is 2.50 bits per heavy atom. The van der Waals surface area contributed by atoms with E-state index in [0.717, 1.165) is 45.1 Å². The van der Waals surface area contributed by atoms with Gasteiger partial charge in [0.1, 0.15) is 0 Å². The number of hydrogen-bond donors (Lipinski definition) is 2. The molecule has 0 spiro atoms. The Hall–Kier alpha value is -1.35. The number of benzene rings is 1. The third kappa shape index (κ3) is 6.71. The van der Waals surface area contributed by atoms with Gasteiger partial charge in [-0.25, -0.2) is 0 Å². The number of carbonyl (C=O) groups excluding carboxylic acids is 1. The maximum absolute atomic E-state index is 12.0. The van der Waals surface area contributed by atoms with Gasteiger partial charge in [0.05, 0.1) is 6.04 Å². The summed E-state index contributed by atoms with van der Waals surface area (Å²) >= 11 is 0. The lowest BCUT2D eigenvalue weighted by Crippen LogP contribution is -2.28. The summed E-state index contributed by atoms with van der Waals surface area (Å²) < 4.78 is 0. The van der Waals surface area contributed by atoms with Crippen molar-refractivity contribution in [1.82, 2.24) is 5.32 Å². The number of nitrogens with one attached hydrogen (secondary N) is 1. The maximum atomic E-state index is 12.0. The van der Waals surface area contributed by atoms with Crippen molar-refractivity contribution < 1.29 is 4.79 Å². The number of hydrogen-bond acceptors (Lipinski definition) is 2. The van der Waals surface area contributed by atoms with E-state index >= 15 is 0 Å². The molecule has 0 aliphatic heterocycles. The summed E-state index contributed by atoms with van der Waals surface area (Å²) in [5.41, 5.74) is 6.65. The topological polar surface area (TPSA) is 55.1 Å². The number of carbonyl (C=O) groups is 1. The molecule has 0 aromatic heterocycles. The van der Waals surface area contributed by atoms with Crippen LogP contribution in [0.5, 0.6) is 0 Å². The zero-order valence-corrected chi connectivity index (χ0v) is 12.6. The monoisotopic (exact) mass is 276 g/mol. The van der Waals surface area contributed by atoms with Crippen LogP contribution in [-0.2, 0) is 4.79 Å². The smallest absolute Gasteiger partial charge is 0.220 e. The predicted molar refractivity (Wildman–Crippen MR) is 84.4 cm³/mol. The molecule has 0 saturated heterocycles. The minimum Gasteiger partial charge on any atom is -0.349 e. The van der Waals surface area contributed by atoms with Gasteiger partial charge in [0, 0.05) is 6.42 Å². The van der Waals surface area contributed by atoms with Gasteiger partial charge in [-0.05, 0) is 31.4 Å². The average Bonchev–Trinajstić information content (AvgIpc) is 2.47. The van der Waals surface area contributed by atoms with Gasteiger partial charge in [-0.2, -0.15) is 0 Å². The largest absolute Gasteiger partial charge is 0.349 e. The predicted octanol–water partition coefficient (Wildman–Crippen LogP) is 3.55. The highest BCUT2D eigenvalue weighted by Gasteiger charge is 2.12. The van der Waals surface area contributed by atoms with Gasteiger partial charge in [0.25, 0.3) is 0 Å². The second-order valence-corrected chi connectivity index (χ2v) is 5.27. The van der Waals surface area contributed by atoms with Crippen LogP contribution in [0.25, 0.3) is 0 Å². The Bertz CT molecular complexity index is 365. The quantitative estimate of drug-likeness (QED) is 0.642. The van der Waals surface area contributed by atoms with E-state index in [4.69, 9.17) is 5.73 Å². The first kappa shape index (κ1) is 16.7. The number of nitrogens with two attached hydrogens (primary N) is 1. The van der Waals surface area contributed by atoms with Gasteiger partial charge in [0.2, 0.25) is 5.91 Å². The van der Waals surface area contributed by atoms with Crippen molar-refractivity contribution in [2.24, 2.45) is 5.73 Å². The third-order valence-corrected chi connectivity index (χ3v) is 3.47. The van der Waals surface area contributed by atoms with Crippen LogP contribution in [0.15, 0.2) is 30.3 Å². The summed E-state index contributed by atoms with van der Waals surface area (Å²) in [6.07, 6.45) is 6.91. The number of unbranched alkanes of at least 4 members (excludes halogenated alkanes) is 3. The van der Waals surface area contributed by atoms with E-state index in [9.17, 15) is 4.79 Å². The summed E-state index contributed by atoms with van der Waals surface area (Å²) in [4.78, 5) is 12.0. The van der Waals surface area contributed by atoms with E-state index in [1.807, 2.05) is 18.2 Å². The summed E-state index contributed by atoms with van der Waals surface area (Å²) in [5, 5.41) is 3.16. The van der Waals surface area contributed by atoms with E-state index in [2.05, 4.69) is 24.4 Å². The van der Waals surface area contributed by atoms with Crippen LogP contribution < -0.4 is 11.1 Å². The van der Waals surface area contributed by atoms with Gasteiger partial charge in [-0.1, -0.05) is 56.5 Å². The van der Waals surface area contributed by atoms with Crippen molar-refractivity contribution in [3.05, 3.63) is 35.9 Å². The Kier molecular flexibility index (Phi) is 8.72. The molecule has 0 radical (unpaired) electrons. The molecule has 0 fully saturated rings. The fourth-order valence-corrected chi connectivity index (χ4v) is 2.35. The summed E-state index contributed by atoms with van der Waals surface area (Å²) in [7, 11) is 0. The van der Waals surface area contributed by atoms with Gasteiger partial charge < -0.3 is 11.1 Å². The van der Waals surface area contributed by atoms with Crippen LogP contribution in [0.3, 0.4) is 0 Å². The standard InChI is InChI=1S/C17H28N2O/c1-2-10-16(15-11-6-5-7-12-15)19-17(20)13-8-3-4-9-14-18/h5-7,11-12,16H,2-4,8-10,13-14,18H2,1H3,(H,19,20). The molecule has 0 aliphatic carbocycles. The van der Waals surface area contributed by atoms with Crippen LogP contribution in [0.1, 0.15) is 63.5 Å². The summed E-state index contributed by atoms with van der Waals surface area (Å²) in [6.45, 7) is 2.90. The van der Waals surface area contributed by atoms with E-state index in [1.54, 1.807) is 0 Å². The first-order chi connectivity index (χ1) is 9.77. The Morgan fingerprint density at radius 1 is 1.15 bits per heavy atom. The molecule has 1 aromatic carbocycles. The molecule has 3 heteroatoms. The van der Waals surface area contributed by atoms with Crippen LogP contribution in [0, 0.1) is 0 Å². The molecule has 1 unspecified atom stereocenters. The fourth-order valence-electron chi connectivity index (χ4n) is 2.35. The van der Waals surface area contributed by atoms with E-state index < -0.39 is 0 Å². The Labute approximate surface area is 122 Å². The van der Waals surface area contributed by atoms with Crippen molar-refractivity contribution in [3.8, 4) is 0 Å². The second-order valence-electron chi connectivity index (χ2n) is 5.27. The molecule has 0 aliphatic rings. The molecule has 1 rings (SSSR count). The SMILES string of the molecule is CCCC(NC(=O)CCCCCCN)c1ccccc1. The van der Waals surface area contributed by atoms with Crippen LogP contribution in [0.2, 0.25) is 0 Å². The Morgan fingerprint density at radius 2 is 1.85 bits per heavy atom. The molecule has 1 atom stereocenters. The van der Waals surface area contributed by atoms with Crippen LogP contribution in [0.4, 0.5) is 0 Å². The number of amides is 1. The molecular weight excluding hydrogens is 248 g/mol. The first-order valence-corrected chi connectivity index (χ1v) is 7.82. The molecule has 20 heavy (non-hydrogen) atoms. The molecule has 3 nitrogen and oxygen atoms in total. The highest BCUT2D eigenvalue weighted by atomic mass is 16.1. The lowest BCUT2D eigenvalue weighted by Gasteiger charge is -2.18. The Balaban J connectivity index is 2.36. The van der Waals surface area contributed by atoms with Crippen molar-refractivity contribution in [2.75, 3.05) is 6.54 Å². The molecule has 1 aromatic rings. The zero-order chi connectivity index (χ0) is 14.6. The molecule has 0 saturated carbocycles. The highest BCUT2D eigenvalue weighted by Crippen LogP contribution is 2.18. The first-order valence-electron chi connectivity index (χ1n) is 7.82.